The number of cyclic esters (lactones) is 1. The molecule has 0 radical (unpaired) electrons. The molecule has 0 saturated carbocycles. The summed E-state index contributed by atoms with van der Waals surface area (Å²) >= 11 is 6.35. The third-order valence-corrected chi connectivity index (χ3v) is 3.42. The molecular weight excluding hydrogens is 372 g/mol. The van der Waals surface area contributed by atoms with Crippen molar-refractivity contribution in [2.45, 2.75) is 19.4 Å². The van der Waals surface area contributed by atoms with Crippen LogP contribution in [0.15, 0.2) is 20.8 Å². The number of carbonyl (C=O) groups is 2. The Bertz CT molecular complexity index is 414. The molecule has 5 nitrogen and oxygen atoms in total. The van der Waals surface area contributed by atoms with Crippen molar-refractivity contribution in [2.75, 3.05) is 13.7 Å². The summed E-state index contributed by atoms with van der Waals surface area (Å²) in [6, 6.07) is 0. The van der Waals surface area contributed by atoms with Crippen LogP contribution >= 0.6 is 31.9 Å². The minimum Gasteiger partial charge on any atom is -0.457 e. The van der Waals surface area contributed by atoms with Gasteiger partial charge in [0.25, 0.3) is 0 Å². The molecular formula is C11H12Br2O5. The lowest BCUT2D eigenvalue weighted by Crippen LogP contribution is -2.24. The van der Waals surface area contributed by atoms with Crippen molar-refractivity contribution < 1.29 is 23.8 Å². The van der Waals surface area contributed by atoms with Crippen LogP contribution in [-0.4, -0.2) is 31.8 Å². The van der Waals surface area contributed by atoms with E-state index in [-0.39, 0.29) is 5.57 Å². The molecule has 100 valence electrons. The smallest absolute Gasteiger partial charge is 0.344 e. The van der Waals surface area contributed by atoms with Gasteiger partial charge in [0.05, 0.1) is 16.7 Å². The Morgan fingerprint density at radius 3 is 2.67 bits per heavy atom. The Labute approximate surface area is 121 Å². The number of halogens is 2. The first-order valence-corrected chi connectivity index (χ1v) is 6.80. The van der Waals surface area contributed by atoms with E-state index in [0.717, 1.165) is 0 Å². The summed E-state index contributed by atoms with van der Waals surface area (Å²) in [6.07, 6.45) is -0.306. The number of ether oxygens (including phenoxy) is 3. The summed E-state index contributed by atoms with van der Waals surface area (Å²) in [7, 11) is 1.53. The molecule has 0 aliphatic carbocycles. The summed E-state index contributed by atoms with van der Waals surface area (Å²) in [5.41, 5.74) is 0.285. The molecule has 0 bridgehead atoms. The SMILES string of the molecule is COCCC(OC(C)=O)C1=C(Br)/C(=C/Br)OC1=O. The predicted molar refractivity (Wildman–Crippen MR) is 71.1 cm³/mol. The lowest BCUT2D eigenvalue weighted by atomic mass is 10.1. The molecule has 1 heterocycles. The van der Waals surface area contributed by atoms with Gasteiger partial charge in [-0.1, -0.05) is 15.9 Å². The van der Waals surface area contributed by atoms with Crippen LogP contribution in [0.5, 0.6) is 0 Å². The highest BCUT2D eigenvalue weighted by molar-refractivity contribution is 9.12. The molecule has 0 spiro atoms. The maximum atomic E-state index is 11.7. The van der Waals surface area contributed by atoms with Crippen molar-refractivity contribution >= 4 is 43.8 Å². The number of hydrogen-bond donors (Lipinski definition) is 0. The van der Waals surface area contributed by atoms with Gasteiger partial charge < -0.3 is 14.2 Å². The lowest BCUT2D eigenvalue weighted by Gasteiger charge is -2.16. The first kappa shape index (κ1) is 15.4. The first-order valence-electron chi connectivity index (χ1n) is 5.10. The first-order chi connectivity index (χ1) is 8.51. The molecule has 0 saturated heterocycles. The fourth-order valence-corrected chi connectivity index (χ4v) is 2.69. The quantitative estimate of drug-likeness (QED) is 0.682. The molecule has 0 N–H and O–H groups in total. The van der Waals surface area contributed by atoms with E-state index in [2.05, 4.69) is 31.9 Å². The second-order valence-electron chi connectivity index (χ2n) is 3.47. The van der Waals surface area contributed by atoms with Crippen LogP contribution in [0.25, 0.3) is 0 Å². The fraction of sp³-hybridized carbons (Fsp3) is 0.455. The molecule has 0 fully saturated rings. The lowest BCUT2D eigenvalue weighted by molar-refractivity contribution is -0.146. The van der Waals surface area contributed by atoms with Crippen molar-refractivity contribution in [3.8, 4) is 0 Å². The number of esters is 2. The minimum atomic E-state index is -0.686. The van der Waals surface area contributed by atoms with Crippen LogP contribution in [0.4, 0.5) is 0 Å². The molecule has 0 amide bonds. The summed E-state index contributed by atoms with van der Waals surface area (Å²) in [5, 5.41) is 0. The number of rotatable bonds is 5. The van der Waals surface area contributed by atoms with E-state index in [9.17, 15) is 9.59 Å². The van der Waals surface area contributed by atoms with Crippen LogP contribution in [0.3, 0.4) is 0 Å². The molecule has 0 aromatic heterocycles. The Morgan fingerprint density at radius 1 is 1.56 bits per heavy atom. The largest absolute Gasteiger partial charge is 0.457 e. The Kier molecular flexibility index (Phi) is 6.04. The van der Waals surface area contributed by atoms with Gasteiger partial charge in [0.1, 0.15) is 6.10 Å². The van der Waals surface area contributed by atoms with E-state index in [0.29, 0.717) is 23.3 Å². The molecule has 7 heteroatoms. The van der Waals surface area contributed by atoms with E-state index >= 15 is 0 Å². The average molecular weight is 384 g/mol. The maximum absolute atomic E-state index is 11.7. The summed E-state index contributed by atoms with van der Waals surface area (Å²) < 4.78 is 15.5. The normalized spacial score (nSPS) is 19.1. The molecule has 1 unspecified atom stereocenters. The van der Waals surface area contributed by atoms with Crippen LogP contribution in [0.2, 0.25) is 0 Å². The predicted octanol–water partition coefficient (Wildman–Crippen LogP) is 2.40. The van der Waals surface area contributed by atoms with Crippen molar-refractivity contribution in [1.29, 1.82) is 0 Å². The van der Waals surface area contributed by atoms with Gasteiger partial charge in [0.2, 0.25) is 0 Å². The minimum absolute atomic E-state index is 0.285. The summed E-state index contributed by atoms with van der Waals surface area (Å²) in [5.74, 6) is -0.646. The summed E-state index contributed by atoms with van der Waals surface area (Å²) in [4.78, 5) is 24.3. The van der Waals surface area contributed by atoms with Crippen LogP contribution < -0.4 is 0 Å². The molecule has 18 heavy (non-hydrogen) atoms. The number of methoxy groups -OCH3 is 1. The van der Waals surface area contributed by atoms with Crippen molar-refractivity contribution in [2.24, 2.45) is 0 Å². The van der Waals surface area contributed by atoms with Gasteiger partial charge in [-0.15, -0.1) is 0 Å². The summed E-state index contributed by atoms with van der Waals surface area (Å²) in [6.45, 7) is 1.65. The van der Waals surface area contributed by atoms with Crippen LogP contribution in [-0.2, 0) is 23.8 Å². The highest BCUT2D eigenvalue weighted by atomic mass is 79.9. The highest BCUT2D eigenvalue weighted by Crippen LogP contribution is 2.35. The second kappa shape index (κ2) is 7.06. The van der Waals surface area contributed by atoms with Gasteiger partial charge in [0.15, 0.2) is 5.76 Å². The number of hydrogen-bond acceptors (Lipinski definition) is 5. The van der Waals surface area contributed by atoms with Gasteiger partial charge in [-0.25, -0.2) is 4.79 Å². The number of allylic oxidation sites excluding steroid dienone is 1. The van der Waals surface area contributed by atoms with E-state index < -0.39 is 18.0 Å². The zero-order valence-corrected chi connectivity index (χ0v) is 13.0. The van der Waals surface area contributed by atoms with E-state index in [4.69, 9.17) is 14.2 Å². The topological polar surface area (TPSA) is 61.8 Å². The maximum Gasteiger partial charge on any atom is 0.344 e. The molecule has 0 aromatic carbocycles. The van der Waals surface area contributed by atoms with Gasteiger partial charge >= 0.3 is 11.9 Å². The van der Waals surface area contributed by atoms with E-state index in [1.807, 2.05) is 0 Å². The monoisotopic (exact) mass is 382 g/mol. The highest BCUT2D eigenvalue weighted by Gasteiger charge is 2.35. The molecule has 0 aromatic rings. The van der Waals surface area contributed by atoms with Gasteiger partial charge in [-0.2, -0.15) is 0 Å². The molecule has 1 aliphatic rings. The molecule has 1 aliphatic heterocycles. The fourth-order valence-electron chi connectivity index (χ4n) is 1.45. The van der Waals surface area contributed by atoms with Crippen molar-refractivity contribution in [3.05, 3.63) is 20.8 Å². The third-order valence-electron chi connectivity index (χ3n) is 2.19. The van der Waals surface area contributed by atoms with Gasteiger partial charge in [0, 0.05) is 25.4 Å². The zero-order chi connectivity index (χ0) is 13.7. The van der Waals surface area contributed by atoms with Crippen molar-refractivity contribution in [1.82, 2.24) is 0 Å². The second-order valence-corrected chi connectivity index (χ2v) is 4.72. The Balaban J connectivity index is 2.99. The van der Waals surface area contributed by atoms with Gasteiger partial charge in [-0.3, -0.25) is 4.79 Å². The van der Waals surface area contributed by atoms with E-state index in [1.54, 1.807) is 0 Å². The van der Waals surface area contributed by atoms with Gasteiger partial charge in [-0.05, 0) is 15.9 Å². The Morgan fingerprint density at radius 2 is 2.22 bits per heavy atom. The zero-order valence-electron chi connectivity index (χ0n) is 9.87. The third kappa shape index (κ3) is 3.66. The standard InChI is InChI=1S/C11H12Br2O5/c1-6(14)17-7(3-4-16-2)9-10(13)8(5-12)18-11(9)15/h5,7H,3-4H2,1-2H3/b8-5-. The molecule has 1 rings (SSSR count). The number of carbonyl (C=O) groups excluding carboxylic acids is 2. The van der Waals surface area contributed by atoms with Crippen LogP contribution in [0, 0.1) is 0 Å². The van der Waals surface area contributed by atoms with E-state index in [1.165, 1.54) is 19.0 Å². The van der Waals surface area contributed by atoms with Crippen molar-refractivity contribution in [3.63, 3.8) is 0 Å². The average Bonchev–Trinajstić information content (AvgIpc) is 2.59. The Hall–Kier alpha value is -0.660. The van der Waals surface area contributed by atoms with Crippen LogP contribution in [0.1, 0.15) is 13.3 Å². The molecule has 1 atom stereocenters.